The first-order valence-electron chi connectivity index (χ1n) is 8.98. The van der Waals surface area contributed by atoms with Crippen molar-refractivity contribution in [3.63, 3.8) is 0 Å². The second kappa shape index (κ2) is 8.02. The zero-order chi connectivity index (χ0) is 21.3. The zero-order valence-electron chi connectivity index (χ0n) is 16.2. The topological polar surface area (TPSA) is 89.7 Å². The molecule has 0 N–H and O–H groups in total. The minimum atomic E-state index is -3.69. The average Bonchev–Trinajstić information content (AvgIpc) is 3.43. The molecule has 0 fully saturated rings. The van der Waals surface area contributed by atoms with Gasteiger partial charge in [-0.05, 0) is 35.7 Å². The summed E-state index contributed by atoms with van der Waals surface area (Å²) in [5, 5.41) is 2.42. The second-order valence-electron chi connectivity index (χ2n) is 6.63. The molecule has 4 aromatic rings. The summed E-state index contributed by atoms with van der Waals surface area (Å²) in [6, 6.07) is 15.7. The van der Waals surface area contributed by atoms with Crippen LogP contribution in [0.3, 0.4) is 0 Å². The molecule has 0 unspecified atom stereocenters. The predicted octanol–water partition coefficient (Wildman–Crippen LogP) is 4.16. The van der Waals surface area contributed by atoms with Gasteiger partial charge in [-0.15, -0.1) is 11.3 Å². The molecule has 0 radical (unpaired) electrons. The first-order valence-corrected chi connectivity index (χ1v) is 11.3. The lowest BCUT2D eigenvalue weighted by atomic mass is 10.1. The summed E-state index contributed by atoms with van der Waals surface area (Å²) in [5.74, 6) is -0.305. The third-order valence-corrected chi connectivity index (χ3v) is 7.01. The van der Waals surface area contributed by atoms with E-state index in [9.17, 15) is 13.2 Å². The van der Waals surface area contributed by atoms with Gasteiger partial charge in [-0.3, -0.25) is 0 Å². The van der Waals surface area contributed by atoms with E-state index in [2.05, 4.69) is 4.98 Å². The third kappa shape index (κ3) is 3.87. The van der Waals surface area contributed by atoms with Crippen molar-refractivity contribution in [2.45, 2.75) is 11.7 Å². The predicted molar refractivity (Wildman–Crippen MR) is 114 cm³/mol. The van der Waals surface area contributed by atoms with Gasteiger partial charge in [-0.1, -0.05) is 24.3 Å². The van der Waals surface area contributed by atoms with Crippen molar-refractivity contribution >= 4 is 38.2 Å². The van der Waals surface area contributed by atoms with E-state index >= 15 is 0 Å². The Balaban J connectivity index is 1.60. The molecule has 30 heavy (non-hydrogen) atoms. The van der Waals surface area contributed by atoms with Crippen molar-refractivity contribution in [1.82, 2.24) is 9.29 Å². The largest absolute Gasteiger partial charge is 0.454 e. The minimum Gasteiger partial charge on any atom is -0.454 e. The normalized spacial score (nSPS) is 11.8. The molecular formula is C21H18N2O5S2. The molecule has 0 bridgehead atoms. The molecule has 1 aromatic carbocycles. The number of esters is 1. The first-order chi connectivity index (χ1) is 14.4. The molecule has 0 aliphatic rings. The molecule has 0 saturated heterocycles. The van der Waals surface area contributed by atoms with Crippen molar-refractivity contribution in [3.8, 4) is 10.6 Å². The third-order valence-electron chi connectivity index (χ3n) is 4.43. The number of pyridine rings is 1. The Hall–Kier alpha value is -3.01. The van der Waals surface area contributed by atoms with E-state index in [0.29, 0.717) is 22.2 Å². The van der Waals surface area contributed by atoms with Gasteiger partial charge in [0, 0.05) is 19.5 Å². The van der Waals surface area contributed by atoms with Crippen LogP contribution >= 0.6 is 11.3 Å². The fraction of sp³-hybridized carbons (Fsp3) is 0.143. The number of para-hydroxylation sites is 1. The molecule has 154 valence electrons. The monoisotopic (exact) mass is 442 g/mol. The van der Waals surface area contributed by atoms with Crippen LogP contribution in [0.2, 0.25) is 0 Å². The molecule has 0 aliphatic heterocycles. The number of hydrogen-bond donors (Lipinski definition) is 0. The van der Waals surface area contributed by atoms with Gasteiger partial charge in [-0.2, -0.15) is 0 Å². The van der Waals surface area contributed by atoms with Crippen LogP contribution in [0.4, 0.5) is 0 Å². The Kier molecular flexibility index (Phi) is 5.42. The van der Waals surface area contributed by atoms with Crippen molar-refractivity contribution < 1.29 is 22.4 Å². The van der Waals surface area contributed by atoms with Crippen LogP contribution in [0, 0.1) is 0 Å². The van der Waals surface area contributed by atoms with Crippen molar-refractivity contribution in [2.24, 2.45) is 0 Å². The summed E-state index contributed by atoms with van der Waals surface area (Å²) in [6.45, 7) is -0.188. The summed E-state index contributed by atoms with van der Waals surface area (Å²) < 4.78 is 36.1. The number of aromatic nitrogens is 1. The smallest absolute Gasteiger partial charge is 0.339 e. The molecule has 4 rings (SSSR count). The maximum Gasteiger partial charge on any atom is 0.339 e. The lowest BCUT2D eigenvalue weighted by Crippen LogP contribution is -2.21. The summed E-state index contributed by atoms with van der Waals surface area (Å²) in [6.07, 6.45) is 0. The Morgan fingerprint density at radius 3 is 2.67 bits per heavy atom. The number of carbonyl (C=O) groups excluding carboxylic acids is 1. The number of sulfonamides is 1. The van der Waals surface area contributed by atoms with Crippen LogP contribution < -0.4 is 0 Å². The summed E-state index contributed by atoms with van der Waals surface area (Å²) >= 11 is 1.53. The summed E-state index contributed by atoms with van der Waals surface area (Å²) in [7, 11) is -0.859. The van der Waals surface area contributed by atoms with E-state index in [1.807, 2.05) is 41.8 Å². The maximum atomic E-state index is 12.9. The van der Waals surface area contributed by atoms with Gasteiger partial charge in [-0.25, -0.2) is 22.5 Å². The minimum absolute atomic E-state index is 0.188. The van der Waals surface area contributed by atoms with Gasteiger partial charge < -0.3 is 9.15 Å². The van der Waals surface area contributed by atoms with E-state index in [4.69, 9.17) is 9.15 Å². The second-order valence-corrected chi connectivity index (χ2v) is 9.66. The highest BCUT2D eigenvalue weighted by Gasteiger charge is 2.22. The van der Waals surface area contributed by atoms with E-state index in [1.54, 1.807) is 6.07 Å². The van der Waals surface area contributed by atoms with Crippen LogP contribution in [0.5, 0.6) is 0 Å². The molecule has 0 amide bonds. The molecule has 0 spiro atoms. The number of rotatable bonds is 6. The number of carbonyl (C=O) groups is 1. The number of fused-ring (bicyclic) bond motifs is 1. The molecule has 0 aliphatic carbocycles. The standard InChI is InChI=1S/C21H18N2O5S2/c1-23(2)30(25,26)20-10-9-14(28-20)13-27-21(24)16-12-18(19-8-5-11-29-19)22-17-7-4-3-6-15(16)17/h3-12H,13H2,1-2H3. The summed E-state index contributed by atoms with van der Waals surface area (Å²) in [5.41, 5.74) is 1.76. The number of hydrogen-bond acceptors (Lipinski definition) is 7. The van der Waals surface area contributed by atoms with E-state index < -0.39 is 16.0 Å². The van der Waals surface area contributed by atoms with Crippen molar-refractivity contribution in [2.75, 3.05) is 14.1 Å². The highest BCUT2D eigenvalue weighted by Crippen LogP contribution is 2.28. The van der Waals surface area contributed by atoms with Crippen molar-refractivity contribution in [1.29, 1.82) is 0 Å². The van der Waals surface area contributed by atoms with Crippen LogP contribution in [-0.4, -0.2) is 37.8 Å². The number of benzene rings is 1. The molecule has 0 saturated carbocycles. The van der Waals surface area contributed by atoms with Gasteiger partial charge in [0.05, 0.1) is 21.7 Å². The van der Waals surface area contributed by atoms with Gasteiger partial charge in [0.2, 0.25) is 5.09 Å². The van der Waals surface area contributed by atoms with Gasteiger partial charge in [0.25, 0.3) is 10.0 Å². The highest BCUT2D eigenvalue weighted by molar-refractivity contribution is 7.88. The molecular weight excluding hydrogens is 424 g/mol. The fourth-order valence-electron chi connectivity index (χ4n) is 2.86. The number of thiophene rings is 1. The Morgan fingerprint density at radius 2 is 1.93 bits per heavy atom. The lowest BCUT2D eigenvalue weighted by Gasteiger charge is -2.09. The van der Waals surface area contributed by atoms with E-state index in [1.165, 1.54) is 37.6 Å². The number of furan rings is 1. The van der Waals surface area contributed by atoms with Gasteiger partial charge in [0.1, 0.15) is 12.4 Å². The fourth-order valence-corrected chi connectivity index (χ4v) is 4.36. The molecule has 3 aromatic heterocycles. The lowest BCUT2D eigenvalue weighted by molar-refractivity contribution is 0.0443. The van der Waals surface area contributed by atoms with E-state index in [0.717, 1.165) is 9.18 Å². The van der Waals surface area contributed by atoms with Gasteiger partial charge >= 0.3 is 5.97 Å². The molecule has 3 heterocycles. The molecule has 0 atom stereocenters. The van der Waals surface area contributed by atoms with Gasteiger partial charge in [0.15, 0.2) is 0 Å². The average molecular weight is 443 g/mol. The zero-order valence-corrected chi connectivity index (χ0v) is 17.9. The Bertz CT molecular complexity index is 1310. The number of ether oxygens (including phenoxy) is 1. The molecule has 7 nitrogen and oxygen atoms in total. The maximum absolute atomic E-state index is 12.9. The summed E-state index contributed by atoms with van der Waals surface area (Å²) in [4.78, 5) is 18.4. The molecule has 9 heteroatoms. The highest BCUT2D eigenvalue weighted by atomic mass is 32.2. The van der Waals surface area contributed by atoms with Crippen molar-refractivity contribution in [3.05, 3.63) is 71.3 Å². The Morgan fingerprint density at radius 1 is 1.13 bits per heavy atom. The van der Waals surface area contributed by atoms with Crippen LogP contribution in [0.25, 0.3) is 21.5 Å². The Labute approximate surface area is 177 Å². The van der Waals surface area contributed by atoms with E-state index in [-0.39, 0.29) is 17.5 Å². The van der Waals surface area contributed by atoms with Crippen LogP contribution in [-0.2, 0) is 21.4 Å². The number of nitrogens with zero attached hydrogens (tertiary/aromatic N) is 2. The van der Waals surface area contributed by atoms with Crippen LogP contribution in [0.1, 0.15) is 16.1 Å². The SMILES string of the molecule is CN(C)S(=O)(=O)c1ccc(COC(=O)c2cc(-c3cccs3)nc3ccccc23)o1. The first kappa shape index (κ1) is 20.3. The quantitative estimate of drug-likeness (QED) is 0.417. The van der Waals surface area contributed by atoms with Crippen LogP contribution in [0.15, 0.2) is 69.5 Å².